The van der Waals surface area contributed by atoms with Crippen LogP contribution in [0.25, 0.3) is 0 Å². The zero-order chi connectivity index (χ0) is 14.6. The highest BCUT2D eigenvalue weighted by Gasteiger charge is 2.43. The van der Waals surface area contributed by atoms with E-state index in [0.717, 1.165) is 18.6 Å². The van der Waals surface area contributed by atoms with Crippen LogP contribution in [0.3, 0.4) is 0 Å². The van der Waals surface area contributed by atoms with E-state index in [0.29, 0.717) is 6.54 Å². The van der Waals surface area contributed by atoms with Crippen molar-refractivity contribution in [3.05, 3.63) is 0 Å². The van der Waals surface area contributed by atoms with Crippen LogP contribution in [0.15, 0.2) is 0 Å². The third-order valence-electron chi connectivity index (χ3n) is 3.53. The summed E-state index contributed by atoms with van der Waals surface area (Å²) in [5.74, 6) is 1.12. The molecule has 0 bridgehead atoms. The molecule has 0 saturated carbocycles. The van der Waals surface area contributed by atoms with Crippen molar-refractivity contribution in [1.29, 1.82) is 0 Å². The number of thioether (sulfide) groups is 1. The van der Waals surface area contributed by atoms with E-state index < -0.39 is 6.04 Å². The largest absolute Gasteiger partial charge is 0.342 e. The van der Waals surface area contributed by atoms with Gasteiger partial charge in [-0.15, -0.1) is 0 Å². The lowest BCUT2D eigenvalue weighted by atomic mass is 9.84. The Bertz CT molecular complexity index is 339. The van der Waals surface area contributed by atoms with Gasteiger partial charge in [0.1, 0.15) is 12.1 Å². The number of hydrogen-bond acceptors (Lipinski definition) is 3. The summed E-state index contributed by atoms with van der Waals surface area (Å²) in [5.41, 5.74) is -0.246. The fraction of sp³-hybridized carbons (Fsp3) is 0.857. The van der Waals surface area contributed by atoms with Crippen molar-refractivity contribution >= 4 is 23.6 Å². The van der Waals surface area contributed by atoms with E-state index in [1.54, 1.807) is 11.8 Å². The zero-order valence-corrected chi connectivity index (χ0v) is 13.5. The molecule has 0 spiro atoms. The van der Waals surface area contributed by atoms with Gasteiger partial charge in [-0.1, -0.05) is 20.8 Å². The molecule has 2 amide bonds. The first-order chi connectivity index (χ1) is 8.79. The molecule has 19 heavy (non-hydrogen) atoms. The van der Waals surface area contributed by atoms with Crippen LogP contribution in [0.5, 0.6) is 0 Å². The molecule has 2 atom stereocenters. The molecule has 2 unspecified atom stereocenters. The second-order valence-corrected chi connectivity index (χ2v) is 7.20. The molecular weight excluding hydrogens is 260 g/mol. The van der Waals surface area contributed by atoms with Gasteiger partial charge in [-0.2, -0.15) is 11.8 Å². The van der Waals surface area contributed by atoms with E-state index in [9.17, 15) is 9.59 Å². The van der Waals surface area contributed by atoms with Gasteiger partial charge in [-0.05, 0) is 37.2 Å². The number of hydrogen-bond donors (Lipinski definition) is 1. The average molecular weight is 286 g/mol. The lowest BCUT2D eigenvalue weighted by Gasteiger charge is -2.42. The summed E-state index contributed by atoms with van der Waals surface area (Å²) in [7, 11) is 0. The Labute approximate surface area is 120 Å². The fourth-order valence-electron chi connectivity index (χ4n) is 2.24. The van der Waals surface area contributed by atoms with Gasteiger partial charge in [0.25, 0.3) is 0 Å². The van der Waals surface area contributed by atoms with Crippen molar-refractivity contribution in [2.24, 2.45) is 5.41 Å². The monoisotopic (exact) mass is 286 g/mol. The number of carbonyl (C=O) groups excluding carboxylic acids is 2. The molecule has 1 heterocycles. The van der Waals surface area contributed by atoms with E-state index in [2.05, 4.69) is 11.6 Å². The molecule has 5 heteroatoms. The molecule has 0 radical (unpaired) electrons. The van der Waals surface area contributed by atoms with Crippen LogP contribution in [0, 0.1) is 5.41 Å². The van der Waals surface area contributed by atoms with Crippen molar-refractivity contribution in [1.82, 2.24) is 10.2 Å². The number of piperazine rings is 1. The van der Waals surface area contributed by atoms with E-state index >= 15 is 0 Å². The van der Waals surface area contributed by atoms with Crippen LogP contribution < -0.4 is 5.32 Å². The normalized spacial score (nSPS) is 24.6. The Hall–Kier alpha value is -0.710. The Morgan fingerprint density at radius 2 is 1.89 bits per heavy atom. The quantitative estimate of drug-likeness (QED) is 0.785. The van der Waals surface area contributed by atoms with Crippen molar-refractivity contribution in [3.8, 4) is 0 Å². The summed E-state index contributed by atoms with van der Waals surface area (Å²) in [4.78, 5) is 26.2. The number of carbonyl (C=O) groups is 2. The molecule has 1 saturated heterocycles. The molecule has 0 aliphatic carbocycles. The van der Waals surface area contributed by atoms with Gasteiger partial charge in [-0.25, -0.2) is 0 Å². The fourth-order valence-corrected chi connectivity index (χ4v) is 2.73. The third-order valence-corrected chi connectivity index (χ3v) is 4.22. The number of rotatable bonds is 5. The molecule has 1 rings (SSSR count). The standard InChI is InChI=1S/C14H26N2O2S/c1-10-12(17)15-11(14(2,3)4)13(18)16(10)8-6-7-9-19-5/h10-11H,6-9H2,1-5H3,(H,15,17). The van der Waals surface area contributed by atoms with Crippen LogP contribution in [0.4, 0.5) is 0 Å². The zero-order valence-electron chi connectivity index (χ0n) is 12.7. The topological polar surface area (TPSA) is 49.4 Å². The van der Waals surface area contributed by atoms with E-state index in [1.807, 2.05) is 32.5 Å². The summed E-state index contributed by atoms with van der Waals surface area (Å²) in [6.07, 6.45) is 4.12. The van der Waals surface area contributed by atoms with Crippen LogP contribution in [-0.4, -0.2) is 47.4 Å². The molecule has 4 nitrogen and oxygen atoms in total. The highest BCUT2D eigenvalue weighted by Crippen LogP contribution is 2.25. The van der Waals surface area contributed by atoms with Crippen LogP contribution >= 0.6 is 11.8 Å². The molecule has 110 valence electrons. The van der Waals surface area contributed by atoms with Crippen molar-refractivity contribution in [2.45, 2.75) is 52.6 Å². The predicted molar refractivity (Wildman–Crippen MR) is 80.2 cm³/mol. The van der Waals surface area contributed by atoms with Gasteiger partial charge in [0.2, 0.25) is 11.8 Å². The summed E-state index contributed by atoms with van der Waals surface area (Å²) in [6, 6.07) is -0.753. The first kappa shape index (κ1) is 16.3. The molecule has 1 fully saturated rings. The van der Waals surface area contributed by atoms with Gasteiger partial charge in [0.05, 0.1) is 0 Å². The number of unbranched alkanes of at least 4 members (excludes halogenated alkanes) is 1. The maximum absolute atomic E-state index is 12.5. The van der Waals surface area contributed by atoms with Gasteiger partial charge < -0.3 is 10.2 Å². The molecule has 1 aliphatic heterocycles. The summed E-state index contributed by atoms with van der Waals surface area (Å²) in [5, 5.41) is 2.85. The van der Waals surface area contributed by atoms with Gasteiger partial charge >= 0.3 is 0 Å². The van der Waals surface area contributed by atoms with E-state index in [1.165, 1.54) is 0 Å². The lowest BCUT2D eigenvalue weighted by Crippen LogP contribution is -2.65. The maximum atomic E-state index is 12.5. The second-order valence-electron chi connectivity index (χ2n) is 6.22. The lowest BCUT2D eigenvalue weighted by molar-refractivity contribution is -0.151. The Morgan fingerprint density at radius 3 is 2.42 bits per heavy atom. The minimum Gasteiger partial charge on any atom is -0.342 e. The summed E-state index contributed by atoms with van der Waals surface area (Å²) < 4.78 is 0. The minimum absolute atomic E-state index is 0.0376. The molecule has 1 aliphatic rings. The molecule has 0 aromatic rings. The van der Waals surface area contributed by atoms with E-state index in [4.69, 9.17) is 0 Å². The van der Waals surface area contributed by atoms with Crippen molar-refractivity contribution in [3.63, 3.8) is 0 Å². The SMILES string of the molecule is CSCCCCN1C(=O)C(C(C)(C)C)NC(=O)C1C. The van der Waals surface area contributed by atoms with Crippen molar-refractivity contribution in [2.75, 3.05) is 18.6 Å². The number of nitrogens with zero attached hydrogens (tertiary/aromatic N) is 1. The summed E-state index contributed by atoms with van der Waals surface area (Å²) >= 11 is 1.81. The van der Waals surface area contributed by atoms with Gasteiger partial charge in [0, 0.05) is 6.54 Å². The molecule has 0 aromatic carbocycles. The smallest absolute Gasteiger partial charge is 0.246 e. The molecular formula is C14H26N2O2S. The van der Waals surface area contributed by atoms with Crippen molar-refractivity contribution < 1.29 is 9.59 Å². The minimum atomic E-state index is -0.406. The predicted octanol–water partition coefficient (Wildman–Crippen LogP) is 1.89. The Morgan fingerprint density at radius 1 is 1.26 bits per heavy atom. The summed E-state index contributed by atoms with van der Waals surface area (Å²) in [6.45, 7) is 8.44. The maximum Gasteiger partial charge on any atom is 0.246 e. The first-order valence-corrected chi connectivity index (χ1v) is 8.28. The number of amides is 2. The average Bonchev–Trinajstić information content (AvgIpc) is 2.31. The van der Waals surface area contributed by atoms with Crippen LogP contribution in [0.1, 0.15) is 40.5 Å². The van der Waals surface area contributed by atoms with Gasteiger partial charge in [-0.3, -0.25) is 9.59 Å². The van der Waals surface area contributed by atoms with Crippen LogP contribution in [0.2, 0.25) is 0 Å². The second kappa shape index (κ2) is 6.64. The molecule has 0 aromatic heterocycles. The Kier molecular flexibility index (Phi) is 5.71. The highest BCUT2D eigenvalue weighted by molar-refractivity contribution is 7.98. The van der Waals surface area contributed by atoms with Gasteiger partial charge in [0.15, 0.2) is 0 Å². The van der Waals surface area contributed by atoms with Crippen LogP contribution in [-0.2, 0) is 9.59 Å². The van der Waals surface area contributed by atoms with E-state index in [-0.39, 0.29) is 23.3 Å². The number of nitrogens with one attached hydrogen (secondary N) is 1. The first-order valence-electron chi connectivity index (χ1n) is 6.89. The highest BCUT2D eigenvalue weighted by atomic mass is 32.2. The molecule has 1 N–H and O–H groups in total. The Balaban J connectivity index is 2.70. The third kappa shape index (κ3) is 4.13.